The smallest absolute Gasteiger partial charge is 0.104 e. The van der Waals surface area contributed by atoms with E-state index in [0.717, 1.165) is 6.54 Å². The second kappa shape index (κ2) is 23.8. The van der Waals surface area contributed by atoms with E-state index in [9.17, 15) is 0 Å². The van der Waals surface area contributed by atoms with Crippen LogP contribution >= 0.6 is 0 Å². The second-order valence-electron chi connectivity index (χ2n) is 10.9. The van der Waals surface area contributed by atoms with E-state index >= 15 is 0 Å². The number of nitrogens with zero attached hydrogens (tertiary/aromatic N) is 1. The summed E-state index contributed by atoms with van der Waals surface area (Å²) in [5.41, 5.74) is 2.70. The van der Waals surface area contributed by atoms with Crippen molar-refractivity contribution in [3.8, 4) is 0 Å². The van der Waals surface area contributed by atoms with Crippen LogP contribution in [0.5, 0.6) is 0 Å². The second-order valence-corrected chi connectivity index (χ2v) is 10.9. The molecule has 0 aliphatic rings. The van der Waals surface area contributed by atoms with Gasteiger partial charge >= 0.3 is 0 Å². The fourth-order valence-electron chi connectivity index (χ4n) is 5.43. The van der Waals surface area contributed by atoms with Gasteiger partial charge in [-0.15, -0.1) is 0 Å². The highest BCUT2D eigenvalue weighted by molar-refractivity contribution is 5.63. The molecule has 0 saturated heterocycles. The standard InChI is InChI=1S/C33H60N.BrH/c1-5-8-11-14-17-23-28-34(29-24-18-15-12-9-6-2,30-25-19-16-13-10-7-3)31-32(4)33-26-21-20-22-27-33;/h20-22,26-27H,4-19,23-25,28-31H2,1-3H3;1H/q+1;/p-1. The van der Waals surface area contributed by atoms with E-state index in [1.807, 2.05) is 0 Å². The minimum atomic E-state index is 0. The number of halogens is 1. The van der Waals surface area contributed by atoms with Crippen molar-refractivity contribution in [1.82, 2.24) is 0 Å². The first kappa shape index (κ1) is 34.4. The van der Waals surface area contributed by atoms with E-state index in [2.05, 4.69) is 57.7 Å². The van der Waals surface area contributed by atoms with Gasteiger partial charge in [-0.2, -0.15) is 0 Å². The molecule has 0 aliphatic carbocycles. The molecule has 0 aromatic heterocycles. The van der Waals surface area contributed by atoms with Crippen LogP contribution in [0.4, 0.5) is 0 Å². The van der Waals surface area contributed by atoms with E-state index in [0.29, 0.717) is 0 Å². The zero-order valence-corrected chi connectivity index (χ0v) is 25.6. The summed E-state index contributed by atoms with van der Waals surface area (Å²) in [6.45, 7) is 16.7. The highest BCUT2D eigenvalue weighted by atomic mass is 79.9. The largest absolute Gasteiger partial charge is 1.00 e. The summed E-state index contributed by atoms with van der Waals surface area (Å²) >= 11 is 0. The summed E-state index contributed by atoms with van der Waals surface area (Å²) in [6, 6.07) is 11.0. The lowest BCUT2D eigenvalue weighted by molar-refractivity contribution is -0.922. The molecule has 1 rings (SSSR count). The topological polar surface area (TPSA) is 0 Å². The van der Waals surface area contributed by atoms with Crippen molar-refractivity contribution in [2.45, 2.75) is 136 Å². The van der Waals surface area contributed by atoms with Gasteiger partial charge in [0.2, 0.25) is 0 Å². The van der Waals surface area contributed by atoms with Gasteiger partial charge in [-0.3, -0.25) is 0 Å². The predicted octanol–water partition coefficient (Wildman–Crippen LogP) is 7.60. The molecule has 204 valence electrons. The van der Waals surface area contributed by atoms with Crippen molar-refractivity contribution < 1.29 is 21.5 Å². The van der Waals surface area contributed by atoms with Gasteiger partial charge < -0.3 is 21.5 Å². The number of benzene rings is 1. The molecule has 0 amide bonds. The summed E-state index contributed by atoms with van der Waals surface area (Å²) in [5, 5.41) is 0. The number of hydrogen-bond donors (Lipinski definition) is 0. The van der Waals surface area contributed by atoms with E-state index in [1.165, 1.54) is 151 Å². The quantitative estimate of drug-likeness (QED) is 0.0918. The van der Waals surface area contributed by atoms with Crippen molar-refractivity contribution in [2.75, 3.05) is 26.2 Å². The average molecular weight is 551 g/mol. The summed E-state index contributed by atoms with van der Waals surface area (Å²) in [7, 11) is 0. The number of rotatable bonds is 24. The Bertz CT molecular complexity index is 541. The first-order valence-corrected chi connectivity index (χ1v) is 15.3. The van der Waals surface area contributed by atoms with Crippen molar-refractivity contribution >= 4 is 5.57 Å². The first-order valence-electron chi connectivity index (χ1n) is 15.3. The third-order valence-corrected chi connectivity index (χ3v) is 7.67. The molecule has 0 saturated carbocycles. The Morgan fingerprint density at radius 2 is 0.886 bits per heavy atom. The maximum absolute atomic E-state index is 4.60. The minimum Gasteiger partial charge on any atom is -1.00 e. The number of hydrogen-bond acceptors (Lipinski definition) is 0. The molecule has 2 heteroatoms. The lowest BCUT2D eigenvalue weighted by atomic mass is 10.0. The van der Waals surface area contributed by atoms with Gasteiger partial charge in [0.15, 0.2) is 0 Å². The fourth-order valence-corrected chi connectivity index (χ4v) is 5.43. The Kier molecular flexibility index (Phi) is 23.4. The highest BCUT2D eigenvalue weighted by Crippen LogP contribution is 2.24. The Labute approximate surface area is 231 Å². The summed E-state index contributed by atoms with van der Waals surface area (Å²) < 4.78 is 1.28. The Balaban J connectivity index is 0.0000116. The first-order chi connectivity index (χ1) is 16.7. The Hall–Kier alpha value is -0.600. The third-order valence-electron chi connectivity index (χ3n) is 7.67. The lowest BCUT2D eigenvalue weighted by Crippen LogP contribution is -3.00. The van der Waals surface area contributed by atoms with Gasteiger partial charge in [0.05, 0.1) is 19.6 Å². The molecule has 0 heterocycles. The van der Waals surface area contributed by atoms with Crippen LogP contribution in [-0.2, 0) is 0 Å². The van der Waals surface area contributed by atoms with Crippen LogP contribution in [0.3, 0.4) is 0 Å². The molecule has 0 atom stereocenters. The normalized spacial score (nSPS) is 11.4. The fraction of sp³-hybridized carbons (Fsp3) is 0.758. The predicted molar refractivity (Wildman–Crippen MR) is 155 cm³/mol. The van der Waals surface area contributed by atoms with Gasteiger partial charge in [-0.25, -0.2) is 0 Å². The van der Waals surface area contributed by atoms with Gasteiger partial charge in [0.25, 0.3) is 0 Å². The molecule has 0 fully saturated rings. The van der Waals surface area contributed by atoms with E-state index in [-0.39, 0.29) is 17.0 Å². The Morgan fingerprint density at radius 3 is 1.26 bits per heavy atom. The van der Waals surface area contributed by atoms with Crippen LogP contribution in [0.1, 0.15) is 142 Å². The van der Waals surface area contributed by atoms with Crippen molar-refractivity contribution in [1.29, 1.82) is 0 Å². The lowest BCUT2D eigenvalue weighted by Gasteiger charge is -2.40. The molecular formula is C33H60BrN. The number of unbranched alkanes of at least 4 members (excludes halogenated alkanes) is 15. The molecule has 0 aliphatic heterocycles. The SMILES string of the molecule is C=C(C[N+](CCCCCCCC)(CCCCCCCC)CCCCCCCC)c1ccccc1.[Br-]. The summed E-state index contributed by atoms with van der Waals surface area (Å²) in [6.07, 6.45) is 25.1. The van der Waals surface area contributed by atoms with Crippen molar-refractivity contribution in [2.24, 2.45) is 0 Å². The van der Waals surface area contributed by atoms with E-state index in [1.54, 1.807) is 0 Å². The molecule has 0 spiro atoms. The van der Waals surface area contributed by atoms with Gasteiger partial charge in [-0.05, 0) is 44.1 Å². The van der Waals surface area contributed by atoms with Crippen molar-refractivity contribution in [3.05, 3.63) is 42.5 Å². The van der Waals surface area contributed by atoms with Crippen LogP contribution in [0.2, 0.25) is 0 Å². The van der Waals surface area contributed by atoms with Crippen LogP contribution in [0, 0.1) is 0 Å². The molecule has 0 bridgehead atoms. The maximum atomic E-state index is 4.60. The third kappa shape index (κ3) is 17.5. The molecule has 0 unspecified atom stereocenters. The van der Waals surface area contributed by atoms with E-state index < -0.39 is 0 Å². The van der Waals surface area contributed by atoms with Crippen LogP contribution in [-0.4, -0.2) is 30.7 Å². The molecule has 1 aromatic rings. The van der Waals surface area contributed by atoms with Crippen molar-refractivity contribution in [3.63, 3.8) is 0 Å². The molecule has 1 aromatic carbocycles. The highest BCUT2D eigenvalue weighted by Gasteiger charge is 2.27. The summed E-state index contributed by atoms with van der Waals surface area (Å²) in [5.74, 6) is 0. The molecule has 1 nitrogen and oxygen atoms in total. The van der Waals surface area contributed by atoms with Gasteiger partial charge in [-0.1, -0.05) is 135 Å². The van der Waals surface area contributed by atoms with Crippen LogP contribution in [0.15, 0.2) is 36.9 Å². The maximum Gasteiger partial charge on any atom is 0.104 e. The Morgan fingerprint density at radius 1 is 0.543 bits per heavy atom. The van der Waals surface area contributed by atoms with Crippen LogP contribution in [0.25, 0.3) is 5.57 Å². The number of quaternary nitrogens is 1. The van der Waals surface area contributed by atoms with Crippen LogP contribution < -0.4 is 17.0 Å². The van der Waals surface area contributed by atoms with E-state index in [4.69, 9.17) is 0 Å². The summed E-state index contributed by atoms with van der Waals surface area (Å²) in [4.78, 5) is 0. The minimum absolute atomic E-state index is 0. The molecule has 0 N–H and O–H groups in total. The molecule has 0 radical (unpaired) electrons. The zero-order chi connectivity index (χ0) is 24.7. The van der Waals surface area contributed by atoms with Gasteiger partial charge in [0.1, 0.15) is 6.54 Å². The average Bonchev–Trinajstić information content (AvgIpc) is 2.86. The van der Waals surface area contributed by atoms with Gasteiger partial charge in [0, 0.05) is 5.57 Å². The zero-order valence-electron chi connectivity index (χ0n) is 24.0. The monoisotopic (exact) mass is 549 g/mol. The molecule has 35 heavy (non-hydrogen) atoms. The molecular weight excluding hydrogens is 490 g/mol.